The van der Waals surface area contributed by atoms with Gasteiger partial charge in [-0.15, -0.1) is 0 Å². The highest BCUT2D eigenvalue weighted by Crippen LogP contribution is 2.37. The van der Waals surface area contributed by atoms with Gasteiger partial charge in [-0.2, -0.15) is 0 Å². The number of carbonyl (C=O) groups excluding carboxylic acids is 1. The zero-order valence-electron chi connectivity index (χ0n) is 15.3. The number of methoxy groups -OCH3 is 2. The molecule has 2 aromatic rings. The SMILES string of the molecule is COc1cc(Nc2ccnc(C(=O)NCCN(C)C)c2)c(OC)cc1Cl. The van der Waals surface area contributed by atoms with Crippen molar-refractivity contribution in [1.82, 2.24) is 15.2 Å². The molecule has 1 aromatic heterocycles. The number of aromatic nitrogens is 1. The molecule has 0 aliphatic carbocycles. The van der Waals surface area contributed by atoms with E-state index >= 15 is 0 Å². The molecule has 0 aliphatic rings. The standard InChI is InChI=1S/C18H23ClN4O3/c1-23(2)8-7-21-18(24)15-9-12(5-6-20-15)22-14-11-16(25-3)13(19)10-17(14)26-4/h5-6,9-11H,7-8H2,1-4H3,(H,20,22)(H,21,24). The molecular weight excluding hydrogens is 356 g/mol. The van der Waals surface area contributed by atoms with E-state index in [1.54, 1.807) is 44.7 Å². The van der Waals surface area contributed by atoms with Crippen molar-refractivity contribution in [3.8, 4) is 11.5 Å². The van der Waals surface area contributed by atoms with Gasteiger partial charge in [0.05, 0.1) is 24.9 Å². The van der Waals surface area contributed by atoms with E-state index in [9.17, 15) is 4.79 Å². The Morgan fingerprint density at radius 3 is 2.58 bits per heavy atom. The fraction of sp³-hybridized carbons (Fsp3) is 0.333. The first kappa shape index (κ1) is 19.8. The number of likely N-dealkylation sites (N-methyl/N-ethyl adjacent to an activating group) is 1. The lowest BCUT2D eigenvalue weighted by Gasteiger charge is -2.14. The highest BCUT2D eigenvalue weighted by Gasteiger charge is 2.12. The van der Waals surface area contributed by atoms with E-state index in [1.807, 2.05) is 19.0 Å². The van der Waals surface area contributed by atoms with E-state index in [0.717, 1.165) is 6.54 Å². The largest absolute Gasteiger partial charge is 0.495 e. The highest BCUT2D eigenvalue weighted by atomic mass is 35.5. The number of nitrogens with zero attached hydrogens (tertiary/aromatic N) is 2. The molecule has 0 spiro atoms. The van der Waals surface area contributed by atoms with Gasteiger partial charge in [-0.25, -0.2) is 0 Å². The van der Waals surface area contributed by atoms with Gasteiger partial charge in [0.15, 0.2) is 0 Å². The van der Waals surface area contributed by atoms with Crippen molar-refractivity contribution >= 4 is 28.9 Å². The topological polar surface area (TPSA) is 75.7 Å². The Labute approximate surface area is 158 Å². The molecule has 1 amide bonds. The second-order valence-electron chi connectivity index (χ2n) is 5.80. The third-order valence-corrected chi connectivity index (χ3v) is 3.89. The van der Waals surface area contributed by atoms with E-state index in [4.69, 9.17) is 21.1 Å². The van der Waals surface area contributed by atoms with Gasteiger partial charge in [-0.3, -0.25) is 9.78 Å². The number of pyridine rings is 1. The molecule has 7 nitrogen and oxygen atoms in total. The lowest BCUT2D eigenvalue weighted by molar-refractivity contribution is 0.0946. The van der Waals surface area contributed by atoms with Crippen LogP contribution in [0.3, 0.4) is 0 Å². The van der Waals surface area contributed by atoms with Crippen LogP contribution in [0.2, 0.25) is 5.02 Å². The first-order valence-corrected chi connectivity index (χ1v) is 8.40. The van der Waals surface area contributed by atoms with Gasteiger partial charge < -0.3 is 25.0 Å². The van der Waals surface area contributed by atoms with E-state index in [1.165, 1.54) is 0 Å². The van der Waals surface area contributed by atoms with Crippen molar-refractivity contribution < 1.29 is 14.3 Å². The number of halogens is 1. The number of ether oxygens (including phenoxy) is 2. The minimum Gasteiger partial charge on any atom is -0.495 e. The number of amides is 1. The predicted molar refractivity (Wildman–Crippen MR) is 103 cm³/mol. The van der Waals surface area contributed by atoms with Crippen molar-refractivity contribution in [2.24, 2.45) is 0 Å². The summed E-state index contributed by atoms with van der Waals surface area (Å²) in [7, 11) is 6.99. The molecular formula is C18H23ClN4O3. The smallest absolute Gasteiger partial charge is 0.269 e. The summed E-state index contributed by atoms with van der Waals surface area (Å²) in [6.07, 6.45) is 1.57. The average Bonchev–Trinajstić information content (AvgIpc) is 2.62. The van der Waals surface area contributed by atoms with Crippen LogP contribution < -0.4 is 20.1 Å². The van der Waals surface area contributed by atoms with Crippen LogP contribution in [-0.2, 0) is 0 Å². The third kappa shape index (κ3) is 5.24. The molecule has 140 valence electrons. The molecule has 0 bridgehead atoms. The van der Waals surface area contributed by atoms with Gasteiger partial charge in [0.1, 0.15) is 17.2 Å². The lowest BCUT2D eigenvalue weighted by atomic mass is 10.2. The third-order valence-electron chi connectivity index (χ3n) is 3.59. The number of anilines is 2. The van der Waals surface area contributed by atoms with Crippen molar-refractivity contribution in [3.63, 3.8) is 0 Å². The normalized spacial score (nSPS) is 10.5. The highest BCUT2D eigenvalue weighted by molar-refractivity contribution is 6.32. The Hall–Kier alpha value is -2.51. The average molecular weight is 379 g/mol. The fourth-order valence-electron chi connectivity index (χ4n) is 2.23. The Morgan fingerprint density at radius 2 is 1.92 bits per heavy atom. The van der Waals surface area contributed by atoms with Gasteiger partial charge in [-0.05, 0) is 26.2 Å². The van der Waals surface area contributed by atoms with Crippen LogP contribution in [0.4, 0.5) is 11.4 Å². The lowest BCUT2D eigenvalue weighted by Crippen LogP contribution is -2.31. The molecule has 2 rings (SSSR count). The van der Waals surface area contributed by atoms with Gasteiger partial charge in [0, 0.05) is 37.1 Å². The minimum atomic E-state index is -0.226. The Kier molecular flexibility index (Phi) is 7.06. The van der Waals surface area contributed by atoms with E-state index in [0.29, 0.717) is 40.1 Å². The minimum absolute atomic E-state index is 0.226. The monoisotopic (exact) mass is 378 g/mol. The van der Waals surface area contributed by atoms with Crippen molar-refractivity contribution in [1.29, 1.82) is 0 Å². The molecule has 2 N–H and O–H groups in total. The van der Waals surface area contributed by atoms with E-state index < -0.39 is 0 Å². The second-order valence-corrected chi connectivity index (χ2v) is 6.21. The van der Waals surface area contributed by atoms with Gasteiger partial charge >= 0.3 is 0 Å². The summed E-state index contributed by atoms with van der Waals surface area (Å²) < 4.78 is 10.6. The summed E-state index contributed by atoms with van der Waals surface area (Å²) in [4.78, 5) is 18.3. The van der Waals surface area contributed by atoms with Crippen LogP contribution >= 0.6 is 11.6 Å². The van der Waals surface area contributed by atoms with Crippen LogP contribution in [0.25, 0.3) is 0 Å². The maximum Gasteiger partial charge on any atom is 0.269 e. The van der Waals surface area contributed by atoms with Gasteiger partial charge in [0.2, 0.25) is 0 Å². The summed E-state index contributed by atoms with van der Waals surface area (Å²) in [5.74, 6) is 0.853. The summed E-state index contributed by atoms with van der Waals surface area (Å²) in [6, 6.07) is 6.83. The predicted octanol–water partition coefficient (Wildman–Crippen LogP) is 2.79. The van der Waals surface area contributed by atoms with Crippen molar-refractivity contribution in [2.75, 3.05) is 46.7 Å². The quantitative estimate of drug-likeness (QED) is 0.735. The first-order valence-electron chi connectivity index (χ1n) is 8.02. The molecule has 0 saturated heterocycles. The molecule has 0 fully saturated rings. The van der Waals surface area contributed by atoms with Gasteiger partial charge in [-0.1, -0.05) is 11.6 Å². The maximum atomic E-state index is 12.2. The zero-order chi connectivity index (χ0) is 19.1. The molecule has 1 aromatic carbocycles. The van der Waals surface area contributed by atoms with Crippen molar-refractivity contribution in [3.05, 3.63) is 41.2 Å². The van der Waals surface area contributed by atoms with Crippen LogP contribution in [-0.4, -0.2) is 57.2 Å². The fourth-order valence-corrected chi connectivity index (χ4v) is 2.46. The molecule has 0 aliphatic heterocycles. The molecule has 0 radical (unpaired) electrons. The van der Waals surface area contributed by atoms with Crippen LogP contribution in [0.15, 0.2) is 30.5 Å². The molecule has 1 heterocycles. The second kappa shape index (κ2) is 9.26. The number of hydrogen-bond donors (Lipinski definition) is 2. The summed E-state index contributed by atoms with van der Waals surface area (Å²) in [5.41, 5.74) is 1.69. The van der Waals surface area contributed by atoms with Gasteiger partial charge in [0.25, 0.3) is 5.91 Å². The number of carbonyl (C=O) groups is 1. The summed E-state index contributed by atoms with van der Waals surface area (Å²) in [6.45, 7) is 1.30. The van der Waals surface area contributed by atoms with Crippen LogP contribution in [0.5, 0.6) is 11.5 Å². The maximum absolute atomic E-state index is 12.2. The molecule has 8 heteroatoms. The summed E-state index contributed by atoms with van der Waals surface area (Å²) >= 11 is 6.12. The van der Waals surface area contributed by atoms with Crippen LogP contribution in [0.1, 0.15) is 10.5 Å². The van der Waals surface area contributed by atoms with Crippen LogP contribution in [0, 0.1) is 0 Å². The Morgan fingerprint density at radius 1 is 1.19 bits per heavy atom. The van der Waals surface area contributed by atoms with E-state index in [2.05, 4.69) is 15.6 Å². The molecule has 0 unspecified atom stereocenters. The molecule has 0 atom stereocenters. The Balaban J connectivity index is 2.17. The number of rotatable bonds is 8. The Bertz CT molecular complexity index is 768. The number of benzene rings is 1. The first-order chi connectivity index (χ1) is 12.4. The summed E-state index contributed by atoms with van der Waals surface area (Å²) in [5, 5.41) is 6.49. The zero-order valence-corrected chi connectivity index (χ0v) is 16.1. The number of nitrogens with one attached hydrogen (secondary N) is 2. The molecule has 0 saturated carbocycles. The van der Waals surface area contributed by atoms with E-state index in [-0.39, 0.29) is 5.91 Å². The molecule has 26 heavy (non-hydrogen) atoms. The van der Waals surface area contributed by atoms with Crippen molar-refractivity contribution in [2.45, 2.75) is 0 Å². The number of hydrogen-bond acceptors (Lipinski definition) is 6.